The fourth-order valence-corrected chi connectivity index (χ4v) is 15.7. The second kappa shape index (κ2) is 19.1. The molecule has 0 saturated carbocycles. The minimum Gasteiger partial charge on any atom is -0.394 e. The lowest BCUT2D eigenvalue weighted by Gasteiger charge is -2.38. The van der Waals surface area contributed by atoms with Crippen molar-refractivity contribution in [3.8, 4) is 0 Å². The van der Waals surface area contributed by atoms with Crippen LogP contribution >= 0.6 is 0 Å². The number of benzene rings is 4. The van der Waals surface area contributed by atoms with E-state index >= 15 is 0 Å². The second-order valence-electron chi connectivity index (χ2n) is 12.8. The third-order valence-electron chi connectivity index (χ3n) is 10.5. The van der Waals surface area contributed by atoms with Crippen molar-refractivity contribution < 1.29 is 26.6 Å². The molecule has 0 amide bonds. The van der Waals surface area contributed by atoms with Gasteiger partial charge in [-0.1, -0.05) is 141 Å². The molecule has 0 aliphatic rings. The van der Waals surface area contributed by atoms with Gasteiger partial charge < -0.3 is 26.6 Å². The molecule has 4 aromatic rings. The van der Waals surface area contributed by atoms with Crippen LogP contribution in [0.3, 0.4) is 0 Å². The van der Waals surface area contributed by atoms with E-state index in [0.717, 1.165) is 56.7 Å². The smallest absolute Gasteiger partial charge is 0.371 e. The van der Waals surface area contributed by atoms with Gasteiger partial charge >= 0.3 is 25.7 Å². The first-order chi connectivity index (χ1) is 23.9. The minimum atomic E-state index is -2.62. The van der Waals surface area contributed by atoms with Gasteiger partial charge in [-0.05, 0) is 63.9 Å². The SMILES string of the molecule is CO[Si](CCCC(CCC[Si](OC)(OC)c1ccccc1)(CCC[Si](OC)(OC)c1ccccc1)c1ccccc1)(OC)c1ccccc1. The highest BCUT2D eigenvalue weighted by atomic mass is 28.4. The van der Waals surface area contributed by atoms with Crippen LogP contribution in [0.5, 0.6) is 0 Å². The average Bonchev–Trinajstić information content (AvgIpc) is 3.18. The Kier molecular flexibility index (Phi) is 15.2. The van der Waals surface area contributed by atoms with Gasteiger partial charge in [0.2, 0.25) is 0 Å². The molecular formula is C40H56O6Si3. The Morgan fingerprint density at radius 1 is 0.367 bits per heavy atom. The summed E-state index contributed by atoms with van der Waals surface area (Å²) in [4.78, 5) is 0. The molecule has 0 unspecified atom stereocenters. The van der Waals surface area contributed by atoms with Gasteiger partial charge in [0.05, 0.1) is 0 Å². The van der Waals surface area contributed by atoms with Crippen molar-refractivity contribution in [2.45, 2.75) is 62.1 Å². The molecule has 0 atom stereocenters. The highest BCUT2D eigenvalue weighted by molar-refractivity contribution is 6.82. The molecule has 4 rings (SSSR count). The second-order valence-corrected chi connectivity index (χ2v) is 23.0. The van der Waals surface area contributed by atoms with E-state index in [1.54, 1.807) is 42.7 Å². The summed E-state index contributed by atoms with van der Waals surface area (Å²) in [5.41, 5.74) is 1.29. The maximum Gasteiger partial charge on any atom is 0.371 e. The molecule has 264 valence electrons. The van der Waals surface area contributed by atoms with Crippen LogP contribution in [0.2, 0.25) is 18.1 Å². The van der Waals surface area contributed by atoms with Crippen LogP contribution in [0, 0.1) is 0 Å². The Labute approximate surface area is 298 Å². The number of rotatable bonds is 22. The molecule has 6 nitrogen and oxygen atoms in total. The van der Waals surface area contributed by atoms with E-state index in [4.69, 9.17) is 26.6 Å². The van der Waals surface area contributed by atoms with E-state index in [-0.39, 0.29) is 5.41 Å². The molecular weight excluding hydrogens is 661 g/mol. The van der Waals surface area contributed by atoms with Gasteiger partial charge in [0.15, 0.2) is 0 Å². The molecule has 0 heterocycles. The third-order valence-corrected chi connectivity index (χ3v) is 21.1. The molecule has 0 aliphatic heterocycles. The zero-order valence-corrected chi connectivity index (χ0v) is 33.4. The molecule has 4 aromatic carbocycles. The average molecular weight is 717 g/mol. The largest absolute Gasteiger partial charge is 0.394 e. The van der Waals surface area contributed by atoms with Crippen molar-refractivity contribution in [3.63, 3.8) is 0 Å². The van der Waals surface area contributed by atoms with E-state index in [1.807, 2.05) is 18.2 Å². The monoisotopic (exact) mass is 716 g/mol. The minimum absolute atomic E-state index is 0.0871. The van der Waals surface area contributed by atoms with Gasteiger partial charge in [0, 0.05) is 42.7 Å². The van der Waals surface area contributed by atoms with E-state index in [9.17, 15) is 0 Å². The Morgan fingerprint density at radius 2 is 0.612 bits per heavy atom. The van der Waals surface area contributed by atoms with E-state index in [0.29, 0.717) is 0 Å². The maximum atomic E-state index is 6.26. The Bertz CT molecular complexity index is 1320. The quantitative estimate of drug-likeness (QED) is 0.0804. The first kappa shape index (κ1) is 39.1. The van der Waals surface area contributed by atoms with E-state index < -0.39 is 25.7 Å². The molecule has 0 fully saturated rings. The molecule has 9 heteroatoms. The summed E-state index contributed by atoms with van der Waals surface area (Å²) in [6.07, 6.45) is 5.94. The zero-order chi connectivity index (χ0) is 35.1. The summed E-state index contributed by atoms with van der Waals surface area (Å²) in [6.45, 7) is 0. The molecule has 0 aromatic heterocycles. The van der Waals surface area contributed by atoms with Gasteiger partial charge in [-0.2, -0.15) is 0 Å². The molecule has 49 heavy (non-hydrogen) atoms. The predicted molar refractivity (Wildman–Crippen MR) is 208 cm³/mol. The van der Waals surface area contributed by atoms with Gasteiger partial charge in [0.25, 0.3) is 0 Å². The van der Waals surface area contributed by atoms with Crippen LogP contribution in [0.1, 0.15) is 44.1 Å². The standard InChI is InChI=1S/C40H56O6Si3/c1-41-47(42-2,37-24-13-8-14-25-37)33-19-30-40(36-22-11-7-12-23-36,31-20-34-48(43-3,44-4)38-26-15-9-16-27-38)32-21-35-49(45-5,46-6)39-28-17-10-18-29-39/h7-18,22-29H,19-21,30-35H2,1-6H3. The molecule has 0 aliphatic carbocycles. The van der Waals surface area contributed by atoms with Crippen LogP contribution in [-0.4, -0.2) is 68.3 Å². The Balaban J connectivity index is 1.67. The van der Waals surface area contributed by atoms with Crippen molar-refractivity contribution in [1.82, 2.24) is 0 Å². The van der Waals surface area contributed by atoms with Gasteiger partial charge in [-0.15, -0.1) is 0 Å². The van der Waals surface area contributed by atoms with Crippen LogP contribution in [0.15, 0.2) is 121 Å². The summed E-state index contributed by atoms with van der Waals surface area (Å²) in [5.74, 6) is 0. The Morgan fingerprint density at radius 3 is 0.857 bits per heavy atom. The lowest BCUT2D eigenvalue weighted by molar-refractivity contribution is 0.242. The van der Waals surface area contributed by atoms with Crippen molar-refractivity contribution in [1.29, 1.82) is 0 Å². The third kappa shape index (κ3) is 9.35. The summed E-state index contributed by atoms with van der Waals surface area (Å²) < 4.78 is 37.6. The molecule has 0 bridgehead atoms. The van der Waals surface area contributed by atoms with Crippen molar-refractivity contribution in [2.75, 3.05) is 42.7 Å². The normalized spacial score (nSPS) is 12.7. The van der Waals surface area contributed by atoms with Crippen molar-refractivity contribution >= 4 is 41.2 Å². The lowest BCUT2D eigenvalue weighted by atomic mass is 9.70. The zero-order valence-electron chi connectivity index (χ0n) is 30.4. The highest BCUT2D eigenvalue weighted by Crippen LogP contribution is 2.42. The van der Waals surface area contributed by atoms with E-state index in [2.05, 4.69) is 103 Å². The fourth-order valence-electron chi connectivity index (χ4n) is 7.66. The van der Waals surface area contributed by atoms with Crippen molar-refractivity contribution in [2.24, 2.45) is 0 Å². The topological polar surface area (TPSA) is 55.4 Å². The lowest BCUT2D eigenvalue weighted by Crippen LogP contribution is -2.53. The highest BCUT2D eigenvalue weighted by Gasteiger charge is 2.43. The van der Waals surface area contributed by atoms with Gasteiger partial charge in [0.1, 0.15) is 0 Å². The predicted octanol–water partition coefficient (Wildman–Crippen LogP) is 7.19. The fraction of sp³-hybridized carbons (Fsp3) is 0.400. The van der Waals surface area contributed by atoms with Gasteiger partial charge in [-0.3, -0.25) is 0 Å². The van der Waals surface area contributed by atoms with Gasteiger partial charge in [-0.25, -0.2) is 0 Å². The Hall–Kier alpha value is -2.71. The van der Waals surface area contributed by atoms with E-state index in [1.165, 1.54) is 21.1 Å². The summed E-state index contributed by atoms with van der Waals surface area (Å²) >= 11 is 0. The first-order valence-electron chi connectivity index (χ1n) is 17.4. The molecule has 0 spiro atoms. The summed E-state index contributed by atoms with van der Waals surface area (Å²) in [6, 6.07) is 45.2. The van der Waals surface area contributed by atoms with Crippen LogP contribution in [-0.2, 0) is 32.0 Å². The molecule has 0 saturated heterocycles. The van der Waals surface area contributed by atoms with Crippen molar-refractivity contribution in [3.05, 3.63) is 127 Å². The molecule has 0 N–H and O–H groups in total. The summed E-state index contributed by atoms with van der Waals surface area (Å²) in [5, 5.41) is 3.51. The summed E-state index contributed by atoms with van der Waals surface area (Å²) in [7, 11) is 2.97. The molecule has 0 radical (unpaired) electrons. The van der Waals surface area contributed by atoms with Crippen LogP contribution in [0.25, 0.3) is 0 Å². The van der Waals surface area contributed by atoms with Crippen LogP contribution < -0.4 is 15.6 Å². The van der Waals surface area contributed by atoms with Crippen LogP contribution in [0.4, 0.5) is 0 Å². The number of hydrogen-bond donors (Lipinski definition) is 0. The first-order valence-corrected chi connectivity index (χ1v) is 23.5. The maximum absolute atomic E-state index is 6.26. The number of hydrogen-bond acceptors (Lipinski definition) is 6.